The first-order valence-corrected chi connectivity index (χ1v) is 12.7. The van der Waals surface area contributed by atoms with Crippen molar-refractivity contribution in [1.82, 2.24) is 4.90 Å². The predicted molar refractivity (Wildman–Crippen MR) is 120 cm³/mol. The first-order valence-electron chi connectivity index (χ1n) is 10.9. The molecule has 0 aromatic heterocycles. The fourth-order valence-corrected chi connectivity index (χ4v) is 5.90. The molecule has 1 amide bonds. The highest BCUT2D eigenvalue weighted by atomic mass is 32.2. The van der Waals surface area contributed by atoms with Crippen LogP contribution in [0, 0.1) is 0 Å². The molecule has 32 heavy (non-hydrogen) atoms. The largest absolute Gasteiger partial charge is 0.484 e. The summed E-state index contributed by atoms with van der Waals surface area (Å²) in [5, 5.41) is 0. The van der Waals surface area contributed by atoms with Crippen LogP contribution in [-0.2, 0) is 19.4 Å². The summed E-state index contributed by atoms with van der Waals surface area (Å²) in [4.78, 5) is 27.1. The van der Waals surface area contributed by atoms with E-state index in [1.165, 1.54) is 0 Å². The molecule has 2 fully saturated rings. The molecule has 0 radical (unpaired) electrons. The van der Waals surface area contributed by atoms with E-state index in [0.29, 0.717) is 36.4 Å². The summed E-state index contributed by atoms with van der Waals surface area (Å²) >= 11 is 0. The summed E-state index contributed by atoms with van der Waals surface area (Å²) in [5.41, 5.74) is 1.14. The van der Waals surface area contributed by atoms with Gasteiger partial charge in [0.15, 0.2) is 22.2 Å². The van der Waals surface area contributed by atoms with Crippen LogP contribution in [0.3, 0.4) is 0 Å². The van der Waals surface area contributed by atoms with Gasteiger partial charge in [0.1, 0.15) is 5.75 Å². The van der Waals surface area contributed by atoms with Crippen molar-refractivity contribution in [3.63, 3.8) is 0 Å². The van der Waals surface area contributed by atoms with Crippen LogP contribution in [0.2, 0.25) is 0 Å². The van der Waals surface area contributed by atoms with Crippen molar-refractivity contribution in [2.45, 2.75) is 31.4 Å². The molecule has 2 atom stereocenters. The number of hydrogen-bond acceptors (Lipinski definition) is 6. The van der Waals surface area contributed by atoms with E-state index in [0.717, 1.165) is 12.8 Å². The Labute approximate surface area is 188 Å². The molecule has 2 saturated heterocycles. The minimum absolute atomic E-state index is 0.0121. The van der Waals surface area contributed by atoms with Gasteiger partial charge in [0.25, 0.3) is 5.91 Å². The third-order valence-electron chi connectivity index (χ3n) is 5.91. The zero-order valence-corrected chi connectivity index (χ0v) is 18.6. The summed E-state index contributed by atoms with van der Waals surface area (Å²) in [5.74, 6) is 0.219. The van der Waals surface area contributed by atoms with E-state index in [1.54, 1.807) is 41.3 Å². The van der Waals surface area contributed by atoms with Crippen molar-refractivity contribution in [2.24, 2.45) is 0 Å². The molecule has 0 unspecified atom stereocenters. The SMILES string of the molecule is O=C(c1ccccc1)c1ccc(OCC(=O)N(C[C@@H]2CCCO2)[C@@H]2CCS(=O)(=O)C2)cc1. The monoisotopic (exact) mass is 457 g/mol. The zero-order valence-electron chi connectivity index (χ0n) is 17.8. The maximum absolute atomic E-state index is 13.0. The van der Waals surface area contributed by atoms with Crippen LogP contribution >= 0.6 is 0 Å². The average molecular weight is 458 g/mol. The van der Waals surface area contributed by atoms with Crippen LogP contribution in [0.4, 0.5) is 0 Å². The molecule has 0 saturated carbocycles. The van der Waals surface area contributed by atoms with Gasteiger partial charge < -0.3 is 14.4 Å². The number of amides is 1. The third kappa shape index (κ3) is 5.55. The van der Waals surface area contributed by atoms with Gasteiger partial charge in [0.2, 0.25) is 0 Å². The van der Waals surface area contributed by atoms with Gasteiger partial charge in [-0.2, -0.15) is 0 Å². The highest BCUT2D eigenvalue weighted by Gasteiger charge is 2.36. The molecule has 4 rings (SSSR count). The zero-order chi connectivity index (χ0) is 22.6. The molecule has 0 bridgehead atoms. The Kier molecular flexibility index (Phi) is 6.91. The van der Waals surface area contributed by atoms with E-state index in [9.17, 15) is 18.0 Å². The lowest BCUT2D eigenvalue weighted by Crippen LogP contribution is -2.47. The van der Waals surface area contributed by atoms with Gasteiger partial charge >= 0.3 is 0 Å². The van der Waals surface area contributed by atoms with Crippen molar-refractivity contribution in [1.29, 1.82) is 0 Å². The second kappa shape index (κ2) is 9.83. The fraction of sp³-hybridized carbons (Fsp3) is 0.417. The van der Waals surface area contributed by atoms with E-state index in [1.807, 2.05) is 18.2 Å². The number of sulfone groups is 1. The van der Waals surface area contributed by atoms with Gasteiger partial charge in [-0.3, -0.25) is 9.59 Å². The van der Waals surface area contributed by atoms with Crippen LogP contribution in [0.5, 0.6) is 5.75 Å². The molecule has 170 valence electrons. The Morgan fingerprint density at radius 2 is 1.72 bits per heavy atom. The van der Waals surface area contributed by atoms with Gasteiger partial charge in [-0.15, -0.1) is 0 Å². The number of ketones is 1. The number of rotatable bonds is 8. The number of hydrogen-bond donors (Lipinski definition) is 0. The normalized spacial score (nSPS) is 21.9. The lowest BCUT2D eigenvalue weighted by atomic mass is 10.0. The van der Waals surface area contributed by atoms with Crippen molar-refractivity contribution < 1.29 is 27.5 Å². The van der Waals surface area contributed by atoms with E-state index in [2.05, 4.69) is 0 Å². The van der Waals surface area contributed by atoms with Gasteiger partial charge in [0, 0.05) is 30.3 Å². The lowest BCUT2D eigenvalue weighted by molar-refractivity contribution is -0.137. The van der Waals surface area contributed by atoms with Crippen LogP contribution < -0.4 is 4.74 Å². The maximum Gasteiger partial charge on any atom is 0.260 e. The number of nitrogens with zero attached hydrogens (tertiary/aromatic N) is 1. The Morgan fingerprint density at radius 1 is 1.00 bits per heavy atom. The smallest absolute Gasteiger partial charge is 0.260 e. The molecule has 8 heteroatoms. The quantitative estimate of drug-likeness (QED) is 0.566. The molecule has 2 aliphatic heterocycles. The average Bonchev–Trinajstić information content (AvgIpc) is 3.45. The summed E-state index contributed by atoms with van der Waals surface area (Å²) in [6.45, 7) is 0.850. The highest BCUT2D eigenvalue weighted by Crippen LogP contribution is 2.22. The van der Waals surface area contributed by atoms with Crippen molar-refractivity contribution in [3.8, 4) is 5.75 Å². The number of ether oxygens (including phenoxy) is 2. The first-order chi connectivity index (χ1) is 15.4. The van der Waals surface area contributed by atoms with Gasteiger partial charge in [-0.05, 0) is 43.5 Å². The Morgan fingerprint density at radius 3 is 2.34 bits per heavy atom. The molecule has 0 spiro atoms. The second-order valence-corrected chi connectivity index (χ2v) is 10.5. The maximum atomic E-state index is 13.0. The minimum atomic E-state index is -3.12. The molecule has 0 N–H and O–H groups in total. The molecular weight excluding hydrogens is 430 g/mol. The Bertz CT molecular complexity index is 1050. The molecular formula is C24H27NO6S. The second-order valence-electron chi connectivity index (χ2n) is 8.25. The predicted octanol–water partition coefficient (Wildman–Crippen LogP) is 2.49. The van der Waals surface area contributed by atoms with Crippen molar-refractivity contribution >= 4 is 21.5 Å². The first kappa shape index (κ1) is 22.5. The van der Waals surface area contributed by atoms with Crippen LogP contribution in [0.1, 0.15) is 35.2 Å². The Hall–Kier alpha value is -2.71. The van der Waals surface area contributed by atoms with E-state index in [-0.39, 0.29) is 41.9 Å². The van der Waals surface area contributed by atoms with Crippen LogP contribution in [0.25, 0.3) is 0 Å². The molecule has 2 heterocycles. The highest BCUT2D eigenvalue weighted by molar-refractivity contribution is 7.91. The standard InChI is InChI=1S/C24H27NO6S/c26-23(25(15-22-7-4-13-30-22)20-12-14-32(28,29)17-20)16-31-21-10-8-19(9-11-21)24(27)18-5-2-1-3-6-18/h1-3,5-6,8-11,20,22H,4,7,12-17H2/t20-,22+/m1/s1. The van der Waals surface area contributed by atoms with Gasteiger partial charge in [0.05, 0.1) is 17.6 Å². The summed E-state index contributed by atoms with van der Waals surface area (Å²) in [6, 6.07) is 15.3. The number of carbonyl (C=O) groups is 2. The molecule has 2 aromatic rings. The van der Waals surface area contributed by atoms with Crippen molar-refractivity contribution in [2.75, 3.05) is 31.3 Å². The summed E-state index contributed by atoms with van der Waals surface area (Å²) in [6.07, 6.45) is 2.18. The van der Waals surface area contributed by atoms with Gasteiger partial charge in [-0.1, -0.05) is 30.3 Å². The van der Waals surface area contributed by atoms with E-state index < -0.39 is 9.84 Å². The number of carbonyl (C=O) groups excluding carboxylic acids is 2. The molecule has 2 aliphatic rings. The van der Waals surface area contributed by atoms with E-state index in [4.69, 9.17) is 9.47 Å². The summed E-state index contributed by atoms with van der Waals surface area (Å²) < 4.78 is 35.2. The summed E-state index contributed by atoms with van der Waals surface area (Å²) in [7, 11) is -3.12. The minimum Gasteiger partial charge on any atom is -0.484 e. The molecule has 7 nitrogen and oxygen atoms in total. The van der Waals surface area contributed by atoms with Crippen LogP contribution in [0.15, 0.2) is 54.6 Å². The molecule has 0 aliphatic carbocycles. The lowest BCUT2D eigenvalue weighted by Gasteiger charge is -2.30. The topological polar surface area (TPSA) is 90.0 Å². The van der Waals surface area contributed by atoms with E-state index >= 15 is 0 Å². The van der Waals surface area contributed by atoms with Crippen molar-refractivity contribution in [3.05, 3.63) is 65.7 Å². The number of benzene rings is 2. The van der Waals surface area contributed by atoms with Gasteiger partial charge in [-0.25, -0.2) is 8.42 Å². The Balaban J connectivity index is 1.38. The molecule has 2 aromatic carbocycles. The third-order valence-corrected chi connectivity index (χ3v) is 7.66. The van der Waals surface area contributed by atoms with Crippen LogP contribution in [-0.4, -0.2) is 68.4 Å². The fourth-order valence-electron chi connectivity index (χ4n) is 4.17.